The van der Waals surface area contributed by atoms with Gasteiger partial charge in [0.2, 0.25) is 0 Å². The first-order chi connectivity index (χ1) is 66.0. The van der Waals surface area contributed by atoms with Gasteiger partial charge in [0.1, 0.15) is 45.3 Å². The van der Waals surface area contributed by atoms with E-state index in [2.05, 4.69) is 107 Å². The van der Waals surface area contributed by atoms with Crippen LogP contribution in [0.3, 0.4) is 0 Å². The minimum absolute atomic E-state index is 0.0609. The summed E-state index contributed by atoms with van der Waals surface area (Å²) in [5.41, 5.74) is 6.87. The van der Waals surface area contributed by atoms with E-state index >= 15 is 0 Å². The van der Waals surface area contributed by atoms with Crippen molar-refractivity contribution in [2.75, 3.05) is 7.11 Å². The lowest BCUT2D eigenvalue weighted by atomic mass is 9.49. The van der Waals surface area contributed by atoms with E-state index in [9.17, 15) is 54.9 Å². The molecule has 0 aliphatic heterocycles. The van der Waals surface area contributed by atoms with Crippen LogP contribution in [0.5, 0.6) is 17.2 Å². The van der Waals surface area contributed by atoms with Crippen LogP contribution in [0.2, 0.25) is 0 Å². The Morgan fingerprint density at radius 3 is 1.04 bits per heavy atom. The Bertz CT molecular complexity index is 5620. The first-order valence-electron chi connectivity index (χ1n) is 54.7. The third kappa shape index (κ3) is 15.5. The van der Waals surface area contributed by atoms with E-state index in [-0.39, 0.29) is 38.5 Å². The molecule has 21 aliphatic rings. The van der Waals surface area contributed by atoms with Crippen LogP contribution >= 0.6 is 0 Å². The number of phenols is 2. The Kier molecular flexibility index (Phi) is 26.4. The summed E-state index contributed by atoms with van der Waals surface area (Å²) >= 11 is 0. The van der Waals surface area contributed by atoms with Crippen LogP contribution in [0.1, 0.15) is 363 Å². The maximum Gasteiger partial charge on any atom is 0.304 e. The monoisotopic (exact) mass is 1870 g/mol. The number of aryl methyl sites for hydroxylation is 3. The van der Waals surface area contributed by atoms with Gasteiger partial charge in [-0.2, -0.15) is 0 Å². The maximum atomic E-state index is 11.8. The third-order valence-electron chi connectivity index (χ3n) is 45.5. The summed E-state index contributed by atoms with van der Waals surface area (Å²) in [6.45, 7) is 14.8. The molecule has 15 fully saturated rings. The number of hydrogen-bond acceptors (Lipinski definition) is 13. The van der Waals surface area contributed by atoms with Gasteiger partial charge in [-0.05, 0) is 476 Å². The molecule has 3 unspecified atom stereocenters. The Labute approximate surface area is 825 Å². The van der Waals surface area contributed by atoms with Crippen molar-refractivity contribution in [1.82, 2.24) is 0 Å². The predicted molar refractivity (Wildman–Crippen MR) is 541 cm³/mol. The number of carbonyl (C=O) groups is 4. The van der Waals surface area contributed by atoms with Gasteiger partial charge >= 0.3 is 5.97 Å². The van der Waals surface area contributed by atoms with Crippen molar-refractivity contribution in [2.24, 2.45) is 139 Å². The summed E-state index contributed by atoms with van der Waals surface area (Å²) in [5, 5.41) is 74.5. The van der Waals surface area contributed by atoms with Crippen molar-refractivity contribution in [1.29, 1.82) is 0 Å². The van der Waals surface area contributed by atoms with E-state index < -0.39 is 33.6 Å². The standard InChI is InChI=1S/C22H28O3.C21H26O2.C21H28O2.C21H26O2.C20H26O2.C20H24O2/c1-4-22(25-14(2)23)12-10-20-19-7-5-15-13-16(24)6-8-17(15)18(19)9-11-21(20,22)3;1-4-21(22)12-10-19-18-7-5-14-13-15(23-3)6-8-16(14)17(18)9-11-20(19,21)2;2*1-3-20-11-9-17-16-8-6-15(22)13-14(16)5-7-18(17)19(20)10-12-21(20,23)4-2;2*1-3-20(22)11-9-18-17-6-4-13-12-14(21)5-7-15(13)16(17)8-10-19(18,20)2/h1,13,17-20H,5-12H2,2-3H3;1,6,8,13,17-19,22H,5,7,9-12H2,2-3H3;2,13,16-19,23H,3,5-12H2,1H3;2,6,8,13,17-19,22-23H,3,5,7,9-12H2,1H3;1,12,15-18,22H,4-11H2,2H3;1,5,7,12,16-18,21-22H,4,6,8-11H2,2H3/t17?,18-,19-,20+,21+,22+;17-,18-,19+,20+,21+;16?,17-,18-,19+,20+,21+;17-,18-,19+,20+,21+;15?,16-,17-,18+,19+,20+;16-,17-,18+,19+,20+/m111111/s1. The van der Waals surface area contributed by atoms with Crippen molar-refractivity contribution < 1.29 is 64.4 Å². The number of ether oxygens (including phenoxy) is 2. The van der Waals surface area contributed by atoms with Gasteiger partial charge in [-0.15, -0.1) is 38.5 Å². The lowest BCUT2D eigenvalue weighted by Gasteiger charge is -2.55. The molecule has 0 heterocycles. The van der Waals surface area contributed by atoms with Crippen LogP contribution in [0.25, 0.3) is 0 Å². The number of allylic oxidation sites excluding steroid dienone is 3. The molecule has 0 spiro atoms. The highest BCUT2D eigenvalue weighted by molar-refractivity contribution is 5.92. The predicted octanol–water partition coefficient (Wildman–Crippen LogP) is 23.0. The molecule has 0 bridgehead atoms. The number of aromatic hydroxyl groups is 2. The van der Waals surface area contributed by atoms with Gasteiger partial charge in [0.15, 0.2) is 23.0 Å². The zero-order valence-electron chi connectivity index (χ0n) is 84.2. The maximum absolute atomic E-state index is 11.8. The van der Waals surface area contributed by atoms with Gasteiger partial charge in [-0.25, -0.2) is 0 Å². The van der Waals surface area contributed by atoms with Crippen molar-refractivity contribution in [3.63, 3.8) is 0 Å². The van der Waals surface area contributed by atoms with Crippen LogP contribution in [-0.4, -0.2) is 99.8 Å². The second-order valence-corrected chi connectivity index (χ2v) is 49.2. The molecule has 21 aliphatic carbocycles. The molecule has 13 heteroatoms. The molecule has 24 rings (SSSR count). The van der Waals surface area contributed by atoms with Crippen LogP contribution < -0.4 is 4.74 Å². The molecule has 0 amide bonds. The molecule has 0 aromatic heterocycles. The van der Waals surface area contributed by atoms with Gasteiger partial charge in [0, 0.05) is 58.7 Å². The Morgan fingerprint density at radius 2 is 0.645 bits per heavy atom. The largest absolute Gasteiger partial charge is 0.508 e. The number of phenolic OH excluding ortho intramolecular Hbond substituents is 2. The number of terminal acetylenes is 6. The average molecular weight is 1870 g/mol. The molecule has 13 nitrogen and oxygen atoms in total. The summed E-state index contributed by atoms with van der Waals surface area (Å²) in [6, 6.07) is 18.4. The van der Waals surface area contributed by atoms with Gasteiger partial charge in [0.05, 0.1) is 7.11 Å². The van der Waals surface area contributed by atoms with Crippen molar-refractivity contribution in [2.45, 2.75) is 382 Å². The number of rotatable bonds is 4. The highest BCUT2D eigenvalue weighted by Gasteiger charge is 2.70. The summed E-state index contributed by atoms with van der Waals surface area (Å²) < 4.78 is 11.2. The molecular weight excluding hydrogens is 1710 g/mol. The lowest BCUT2D eigenvalue weighted by molar-refractivity contribution is -0.167. The summed E-state index contributed by atoms with van der Waals surface area (Å²) in [6.07, 6.45) is 85.2. The summed E-state index contributed by atoms with van der Waals surface area (Å²) in [5.74, 6) is 32.1. The summed E-state index contributed by atoms with van der Waals surface area (Å²) in [7, 11) is 1.73. The zero-order valence-corrected chi connectivity index (χ0v) is 84.2. The van der Waals surface area contributed by atoms with E-state index in [4.69, 9.17) is 48.0 Å². The topological polar surface area (TPSA) is 228 Å². The van der Waals surface area contributed by atoms with E-state index in [1.54, 1.807) is 7.11 Å². The molecule has 3 aromatic rings. The second kappa shape index (κ2) is 37.0. The third-order valence-corrected chi connectivity index (χ3v) is 45.5. The minimum Gasteiger partial charge on any atom is -0.508 e. The number of carbonyl (C=O) groups excluding carboxylic acids is 4. The fourth-order valence-electron chi connectivity index (χ4n) is 38.4. The zero-order chi connectivity index (χ0) is 97.6. The number of methoxy groups -OCH3 is 1. The number of aliphatic hydroxyl groups is 5. The molecule has 736 valence electrons. The quantitative estimate of drug-likeness (QED) is 0.0954. The lowest BCUT2D eigenvalue weighted by Crippen LogP contribution is -2.53. The molecule has 33 atom stereocenters. The van der Waals surface area contributed by atoms with Crippen LogP contribution in [0.4, 0.5) is 0 Å². The Morgan fingerprint density at radius 1 is 0.333 bits per heavy atom. The SMILES string of the molecule is C#C[C@]1(O)CC[C@H]2[C@@H]3CCC4=CC(=O)CCC4[C@H]3CC[C@@]21C.C#C[C@]1(O)CC[C@H]2[C@@H]3CCC4=CC(=O)CCC4[C@H]3CC[C@@]21CC.C#C[C@]1(O)CC[C@H]2[C@@H]3CCc4cc(O)ccc4[C@H]3CC[C@@]21C.C#C[C@]1(O)CC[C@H]2[C@@H]3CCc4cc(O)ccc4[C@H]3CC[C@@]21CC.C#C[C@]1(O)CC[C@H]2[C@@H]3CCc4cc(OC)ccc4[C@H]3CC[C@@]21C.C#C[C@]1(OC(C)=O)CC[C@H]2[C@@H]3CCC4=CC(=O)CCC4[C@H]3CC[C@@]21C. The number of ketones is 3. The van der Waals surface area contributed by atoms with E-state index in [0.717, 1.165) is 256 Å². The van der Waals surface area contributed by atoms with Crippen molar-refractivity contribution in [3.8, 4) is 91.3 Å². The fourth-order valence-corrected chi connectivity index (χ4v) is 38.4. The van der Waals surface area contributed by atoms with Gasteiger partial charge < -0.3 is 45.2 Å². The molecule has 0 radical (unpaired) electrons. The molecule has 7 N–H and O–H groups in total. The van der Waals surface area contributed by atoms with Crippen LogP contribution in [0.15, 0.2) is 89.5 Å². The Hall–Kier alpha value is -8.08. The van der Waals surface area contributed by atoms with Gasteiger partial charge in [-0.1, -0.05) is 112 Å². The van der Waals surface area contributed by atoms with E-state index in [0.29, 0.717) is 160 Å². The van der Waals surface area contributed by atoms with Gasteiger partial charge in [-0.3, -0.25) is 19.2 Å². The fraction of sp³-hybridized carbons (Fsp3) is 0.680. The van der Waals surface area contributed by atoms with Crippen LogP contribution in [0, 0.1) is 213 Å². The van der Waals surface area contributed by atoms with E-state index in [1.165, 1.54) is 82.7 Å². The molecule has 15 saturated carbocycles. The number of esters is 1. The van der Waals surface area contributed by atoms with E-state index in [1.807, 2.05) is 42.5 Å². The molecule has 3 aromatic carbocycles. The molecular formula is C125H158O13. The number of hydrogen-bond donors (Lipinski definition) is 7. The molecule has 0 saturated heterocycles. The first-order valence-corrected chi connectivity index (χ1v) is 54.7. The smallest absolute Gasteiger partial charge is 0.304 e. The summed E-state index contributed by atoms with van der Waals surface area (Å²) in [4.78, 5) is 47.0. The Balaban J connectivity index is 0.000000106. The highest BCUT2D eigenvalue weighted by Crippen LogP contribution is 2.73. The van der Waals surface area contributed by atoms with Crippen molar-refractivity contribution in [3.05, 3.63) is 123 Å². The number of benzene rings is 3. The first kappa shape index (κ1) is 98.7. The van der Waals surface area contributed by atoms with Crippen molar-refractivity contribution >= 4 is 23.3 Å². The number of fused-ring (bicyclic) bond motifs is 30. The minimum atomic E-state index is -0.919. The van der Waals surface area contributed by atoms with Crippen LogP contribution in [-0.2, 0) is 43.2 Å². The average Bonchev–Trinajstić information content (AvgIpc) is 1.62. The normalized spacial score (nSPS) is 45.1. The molecule has 138 heavy (non-hydrogen) atoms. The second-order valence-electron chi connectivity index (χ2n) is 49.2. The highest BCUT2D eigenvalue weighted by atomic mass is 16.6. The van der Waals surface area contributed by atoms with Gasteiger partial charge in [0.25, 0.3) is 0 Å².